The third kappa shape index (κ3) is 2.98. The number of anilines is 1. The molecule has 0 saturated heterocycles. The summed E-state index contributed by atoms with van der Waals surface area (Å²) in [5.41, 5.74) is 2.92. The second-order valence-corrected chi connectivity index (χ2v) is 6.38. The summed E-state index contributed by atoms with van der Waals surface area (Å²) in [6.45, 7) is 3.24. The molecule has 7 heteroatoms. The highest BCUT2D eigenvalue weighted by atomic mass is 32.1. The van der Waals surface area contributed by atoms with Crippen LogP contribution in [-0.4, -0.2) is 24.5 Å². The van der Waals surface area contributed by atoms with E-state index < -0.39 is 0 Å². The Hall–Kier alpha value is -2.80. The summed E-state index contributed by atoms with van der Waals surface area (Å²) in [6.07, 6.45) is 5.65. The summed E-state index contributed by atoms with van der Waals surface area (Å²) in [7, 11) is 0. The molecule has 0 aromatic carbocycles. The van der Waals surface area contributed by atoms with Crippen LogP contribution in [0.4, 0.5) is 5.82 Å². The van der Waals surface area contributed by atoms with Crippen LogP contribution in [0.15, 0.2) is 48.2 Å². The molecule has 4 heterocycles. The molecule has 0 fully saturated rings. The van der Waals surface area contributed by atoms with Crippen molar-refractivity contribution in [2.45, 2.75) is 20.0 Å². The zero-order valence-corrected chi connectivity index (χ0v) is 14.0. The lowest BCUT2D eigenvalue weighted by Crippen LogP contribution is -2.07. The first-order chi connectivity index (χ1) is 11.8. The molecule has 24 heavy (non-hydrogen) atoms. The maximum Gasteiger partial charge on any atom is 0.154 e. The van der Waals surface area contributed by atoms with Crippen LogP contribution in [0.25, 0.3) is 11.0 Å². The van der Waals surface area contributed by atoms with Crippen LogP contribution < -0.4 is 5.32 Å². The molecule has 4 aromatic heterocycles. The van der Waals surface area contributed by atoms with Crippen molar-refractivity contribution in [3.05, 3.63) is 64.8 Å². The lowest BCUT2D eigenvalue weighted by molar-refractivity contribution is 0.804. The Kier molecular flexibility index (Phi) is 3.92. The van der Waals surface area contributed by atoms with Crippen molar-refractivity contribution >= 4 is 28.2 Å². The molecule has 0 aliphatic heterocycles. The number of pyridine rings is 1. The molecule has 0 saturated carbocycles. The molecular formula is C17H16N6S. The van der Waals surface area contributed by atoms with Crippen LogP contribution in [-0.2, 0) is 13.1 Å². The average molecular weight is 336 g/mol. The first kappa shape index (κ1) is 14.8. The van der Waals surface area contributed by atoms with Gasteiger partial charge in [0.05, 0.1) is 24.3 Å². The summed E-state index contributed by atoms with van der Waals surface area (Å²) in [5, 5.41) is 6.40. The summed E-state index contributed by atoms with van der Waals surface area (Å²) in [5.74, 6) is 1.58. The van der Waals surface area contributed by atoms with Crippen molar-refractivity contribution in [1.82, 2.24) is 24.5 Å². The van der Waals surface area contributed by atoms with E-state index in [-0.39, 0.29) is 0 Å². The zero-order chi connectivity index (χ0) is 16.4. The number of aryl methyl sites for hydroxylation is 1. The molecule has 0 spiro atoms. The predicted octanol–water partition coefficient (Wildman–Crippen LogP) is 3.25. The van der Waals surface area contributed by atoms with Gasteiger partial charge in [-0.25, -0.2) is 15.0 Å². The number of rotatable bonds is 5. The molecule has 0 aliphatic carbocycles. The largest absolute Gasteiger partial charge is 0.362 e. The van der Waals surface area contributed by atoms with Gasteiger partial charge in [0.2, 0.25) is 0 Å². The molecule has 4 rings (SSSR count). The fraction of sp³-hybridized carbons (Fsp3) is 0.176. The maximum absolute atomic E-state index is 4.59. The van der Waals surface area contributed by atoms with Gasteiger partial charge in [0.15, 0.2) is 5.82 Å². The standard InChI is InChI=1S/C17H16N6S/c1-12-21-14-5-8-23(11-13-4-2-3-6-18-13)16(14)17(22-12)20-10-15-19-7-9-24-15/h2-9H,10-11H2,1H3,(H,20,21,22). The normalized spacial score (nSPS) is 11.0. The average Bonchev–Trinajstić information content (AvgIpc) is 3.24. The molecule has 6 nitrogen and oxygen atoms in total. The van der Waals surface area contributed by atoms with Gasteiger partial charge in [0, 0.05) is 24.0 Å². The Labute approximate surface area is 143 Å². The third-order valence-electron chi connectivity index (χ3n) is 3.67. The smallest absolute Gasteiger partial charge is 0.154 e. The Morgan fingerprint density at radius 1 is 1.12 bits per heavy atom. The van der Waals surface area contributed by atoms with Crippen molar-refractivity contribution < 1.29 is 0 Å². The molecule has 0 aliphatic rings. The van der Waals surface area contributed by atoms with Crippen LogP contribution >= 0.6 is 11.3 Å². The van der Waals surface area contributed by atoms with E-state index in [0.717, 1.165) is 33.4 Å². The number of hydrogen-bond acceptors (Lipinski definition) is 6. The number of thiazole rings is 1. The molecule has 1 N–H and O–H groups in total. The monoisotopic (exact) mass is 336 g/mol. The van der Waals surface area contributed by atoms with Crippen LogP contribution in [0.5, 0.6) is 0 Å². The minimum absolute atomic E-state index is 0.651. The fourth-order valence-electron chi connectivity index (χ4n) is 2.64. The van der Waals surface area contributed by atoms with E-state index in [1.165, 1.54) is 0 Å². The topological polar surface area (TPSA) is 68.5 Å². The van der Waals surface area contributed by atoms with Gasteiger partial charge in [-0.3, -0.25) is 4.98 Å². The van der Waals surface area contributed by atoms with E-state index in [4.69, 9.17) is 0 Å². The van der Waals surface area contributed by atoms with Crippen molar-refractivity contribution in [3.8, 4) is 0 Å². The van der Waals surface area contributed by atoms with Crippen LogP contribution in [0.2, 0.25) is 0 Å². The summed E-state index contributed by atoms with van der Waals surface area (Å²) < 4.78 is 2.13. The second-order valence-electron chi connectivity index (χ2n) is 5.40. The van der Waals surface area contributed by atoms with Crippen molar-refractivity contribution in [3.63, 3.8) is 0 Å². The summed E-state index contributed by atoms with van der Waals surface area (Å²) >= 11 is 1.63. The van der Waals surface area contributed by atoms with Crippen molar-refractivity contribution in [1.29, 1.82) is 0 Å². The zero-order valence-electron chi connectivity index (χ0n) is 13.2. The minimum Gasteiger partial charge on any atom is -0.362 e. The van der Waals surface area contributed by atoms with E-state index in [1.807, 2.05) is 55.2 Å². The van der Waals surface area contributed by atoms with E-state index >= 15 is 0 Å². The van der Waals surface area contributed by atoms with Gasteiger partial charge < -0.3 is 9.88 Å². The Morgan fingerprint density at radius 3 is 2.88 bits per heavy atom. The Morgan fingerprint density at radius 2 is 2.08 bits per heavy atom. The van der Waals surface area contributed by atoms with E-state index in [0.29, 0.717) is 13.1 Å². The predicted molar refractivity (Wildman–Crippen MR) is 95.0 cm³/mol. The SMILES string of the molecule is Cc1nc(NCc2nccs2)c2c(ccn2Cc2ccccn2)n1. The van der Waals surface area contributed by atoms with Crippen molar-refractivity contribution in [2.75, 3.05) is 5.32 Å². The molecular weight excluding hydrogens is 320 g/mol. The van der Waals surface area contributed by atoms with E-state index in [1.54, 1.807) is 11.3 Å². The van der Waals surface area contributed by atoms with Crippen molar-refractivity contribution in [2.24, 2.45) is 0 Å². The number of aromatic nitrogens is 5. The van der Waals surface area contributed by atoms with E-state index in [9.17, 15) is 0 Å². The Balaban J connectivity index is 1.70. The molecule has 0 bridgehead atoms. The fourth-order valence-corrected chi connectivity index (χ4v) is 3.20. The highest BCUT2D eigenvalue weighted by Crippen LogP contribution is 2.23. The van der Waals surface area contributed by atoms with Crippen LogP contribution in [0.3, 0.4) is 0 Å². The number of nitrogens with one attached hydrogen (secondary N) is 1. The summed E-state index contributed by atoms with van der Waals surface area (Å²) in [4.78, 5) is 17.8. The van der Waals surface area contributed by atoms with Gasteiger partial charge >= 0.3 is 0 Å². The summed E-state index contributed by atoms with van der Waals surface area (Å²) in [6, 6.07) is 7.95. The van der Waals surface area contributed by atoms with Gasteiger partial charge in [0.1, 0.15) is 16.3 Å². The van der Waals surface area contributed by atoms with Gasteiger partial charge in [-0.15, -0.1) is 11.3 Å². The Bertz CT molecular complexity index is 946. The van der Waals surface area contributed by atoms with Gasteiger partial charge in [-0.05, 0) is 25.1 Å². The molecule has 0 unspecified atom stereocenters. The quantitative estimate of drug-likeness (QED) is 0.606. The number of fused-ring (bicyclic) bond motifs is 1. The second kappa shape index (κ2) is 6.37. The molecule has 4 aromatic rings. The van der Waals surface area contributed by atoms with Crippen LogP contribution in [0, 0.1) is 6.92 Å². The number of nitrogens with zero attached hydrogens (tertiary/aromatic N) is 5. The molecule has 0 amide bonds. The molecule has 120 valence electrons. The van der Waals surface area contributed by atoms with Gasteiger partial charge in [-0.1, -0.05) is 6.07 Å². The molecule has 0 radical (unpaired) electrons. The highest BCUT2D eigenvalue weighted by Gasteiger charge is 2.12. The molecule has 0 atom stereocenters. The lowest BCUT2D eigenvalue weighted by Gasteiger charge is -2.10. The third-order valence-corrected chi connectivity index (χ3v) is 4.45. The first-order valence-corrected chi connectivity index (χ1v) is 8.53. The minimum atomic E-state index is 0.651. The first-order valence-electron chi connectivity index (χ1n) is 7.65. The van der Waals surface area contributed by atoms with Gasteiger partial charge in [-0.2, -0.15) is 0 Å². The number of hydrogen-bond donors (Lipinski definition) is 1. The van der Waals surface area contributed by atoms with Gasteiger partial charge in [0.25, 0.3) is 0 Å². The van der Waals surface area contributed by atoms with E-state index in [2.05, 4.69) is 29.8 Å². The highest BCUT2D eigenvalue weighted by molar-refractivity contribution is 7.09. The maximum atomic E-state index is 4.59. The lowest BCUT2D eigenvalue weighted by atomic mass is 10.3. The van der Waals surface area contributed by atoms with Crippen LogP contribution in [0.1, 0.15) is 16.5 Å².